The molecule has 4 aromatic rings. The lowest BCUT2D eigenvalue weighted by atomic mass is 9.97. The van der Waals surface area contributed by atoms with Crippen LogP contribution in [0.15, 0.2) is 35.1 Å². The first-order valence-corrected chi connectivity index (χ1v) is 9.80. The molecule has 0 spiro atoms. The lowest BCUT2D eigenvalue weighted by Gasteiger charge is -2.09. The van der Waals surface area contributed by atoms with Crippen LogP contribution in [0.5, 0.6) is 0 Å². The van der Waals surface area contributed by atoms with Crippen molar-refractivity contribution in [3.63, 3.8) is 0 Å². The Kier molecular flexibility index (Phi) is 3.28. The molecule has 0 unspecified atom stereocenters. The van der Waals surface area contributed by atoms with E-state index in [1.165, 1.54) is 38.3 Å². The molecule has 4 nitrogen and oxygen atoms in total. The third kappa shape index (κ3) is 2.21. The summed E-state index contributed by atoms with van der Waals surface area (Å²) in [6.45, 7) is 0. The SMILES string of the molecule is O=c1c2c3c(sc2nc2sc(Cc4ccccc4)nn12)CCCC3. The van der Waals surface area contributed by atoms with Crippen LogP contribution in [0.3, 0.4) is 0 Å². The molecule has 24 heavy (non-hydrogen) atoms. The maximum Gasteiger partial charge on any atom is 0.284 e. The summed E-state index contributed by atoms with van der Waals surface area (Å²) in [6, 6.07) is 10.2. The molecule has 1 aromatic carbocycles. The summed E-state index contributed by atoms with van der Waals surface area (Å²) in [5.74, 6) is 0. The predicted octanol–water partition coefficient (Wildman–Crippen LogP) is 3.84. The zero-order valence-electron chi connectivity index (χ0n) is 13.0. The van der Waals surface area contributed by atoms with Crippen molar-refractivity contribution in [3.8, 4) is 0 Å². The van der Waals surface area contributed by atoms with Gasteiger partial charge in [-0.15, -0.1) is 11.3 Å². The monoisotopic (exact) mass is 353 g/mol. The molecule has 1 aliphatic rings. The third-order valence-electron chi connectivity index (χ3n) is 4.56. The first kappa shape index (κ1) is 14.3. The fourth-order valence-electron chi connectivity index (χ4n) is 3.41. The Morgan fingerprint density at radius 3 is 2.79 bits per heavy atom. The molecule has 120 valence electrons. The smallest absolute Gasteiger partial charge is 0.266 e. The lowest BCUT2D eigenvalue weighted by Crippen LogP contribution is -2.16. The van der Waals surface area contributed by atoms with Crippen LogP contribution in [0, 0.1) is 0 Å². The molecule has 1 aliphatic carbocycles. The highest BCUT2D eigenvalue weighted by Crippen LogP contribution is 2.34. The van der Waals surface area contributed by atoms with Crippen molar-refractivity contribution in [3.05, 3.63) is 61.7 Å². The molecule has 0 radical (unpaired) electrons. The van der Waals surface area contributed by atoms with Crippen LogP contribution in [-0.4, -0.2) is 14.6 Å². The van der Waals surface area contributed by atoms with E-state index in [1.54, 1.807) is 11.3 Å². The molecule has 0 saturated heterocycles. The molecule has 0 atom stereocenters. The van der Waals surface area contributed by atoms with Crippen LogP contribution in [0.2, 0.25) is 0 Å². The number of hydrogen-bond acceptors (Lipinski definition) is 5. The van der Waals surface area contributed by atoms with Crippen molar-refractivity contribution < 1.29 is 0 Å². The number of fused-ring (bicyclic) bond motifs is 4. The van der Waals surface area contributed by atoms with Gasteiger partial charge in [0.15, 0.2) is 0 Å². The maximum absolute atomic E-state index is 13.0. The Balaban J connectivity index is 1.67. The number of rotatable bonds is 2. The summed E-state index contributed by atoms with van der Waals surface area (Å²) in [6.07, 6.45) is 5.20. The van der Waals surface area contributed by atoms with Gasteiger partial charge in [-0.2, -0.15) is 9.61 Å². The highest BCUT2D eigenvalue weighted by molar-refractivity contribution is 7.19. The van der Waals surface area contributed by atoms with E-state index in [0.717, 1.165) is 40.9 Å². The van der Waals surface area contributed by atoms with Crippen LogP contribution in [-0.2, 0) is 19.3 Å². The van der Waals surface area contributed by atoms with Gasteiger partial charge in [-0.25, -0.2) is 4.98 Å². The minimum Gasteiger partial charge on any atom is -0.266 e. The minimum atomic E-state index is 0.00459. The van der Waals surface area contributed by atoms with E-state index in [2.05, 4.69) is 17.2 Å². The fraction of sp³-hybridized carbons (Fsp3) is 0.278. The average molecular weight is 353 g/mol. The highest BCUT2D eigenvalue weighted by Gasteiger charge is 2.21. The van der Waals surface area contributed by atoms with E-state index in [-0.39, 0.29) is 5.56 Å². The summed E-state index contributed by atoms with van der Waals surface area (Å²) in [5.41, 5.74) is 2.43. The van der Waals surface area contributed by atoms with E-state index in [1.807, 2.05) is 18.2 Å². The normalized spacial score (nSPS) is 14.3. The second kappa shape index (κ2) is 5.50. The van der Waals surface area contributed by atoms with Gasteiger partial charge in [0.1, 0.15) is 9.84 Å². The predicted molar refractivity (Wildman–Crippen MR) is 98.4 cm³/mol. The fourth-order valence-corrected chi connectivity index (χ4v) is 5.64. The zero-order valence-corrected chi connectivity index (χ0v) is 14.6. The Morgan fingerprint density at radius 2 is 1.92 bits per heavy atom. The van der Waals surface area contributed by atoms with E-state index in [0.29, 0.717) is 4.96 Å². The quantitative estimate of drug-likeness (QED) is 0.550. The summed E-state index contributed by atoms with van der Waals surface area (Å²) in [7, 11) is 0. The second-order valence-electron chi connectivity index (χ2n) is 6.16. The number of thiophene rings is 1. The van der Waals surface area contributed by atoms with Gasteiger partial charge in [-0.3, -0.25) is 4.79 Å². The van der Waals surface area contributed by atoms with Gasteiger partial charge >= 0.3 is 0 Å². The largest absolute Gasteiger partial charge is 0.284 e. The molecule has 5 rings (SSSR count). The van der Waals surface area contributed by atoms with Gasteiger partial charge in [0.05, 0.1) is 5.39 Å². The molecular formula is C18H15N3OS2. The Hall–Kier alpha value is -2.05. The summed E-state index contributed by atoms with van der Waals surface area (Å²) in [5, 5.41) is 6.29. The zero-order chi connectivity index (χ0) is 16.1. The van der Waals surface area contributed by atoms with Crippen molar-refractivity contribution >= 4 is 37.9 Å². The summed E-state index contributed by atoms with van der Waals surface area (Å²) < 4.78 is 1.51. The van der Waals surface area contributed by atoms with E-state index in [9.17, 15) is 4.79 Å². The number of aromatic nitrogens is 3. The van der Waals surface area contributed by atoms with E-state index < -0.39 is 0 Å². The van der Waals surface area contributed by atoms with Crippen molar-refractivity contribution in [1.82, 2.24) is 14.6 Å². The van der Waals surface area contributed by atoms with Crippen molar-refractivity contribution in [1.29, 1.82) is 0 Å². The van der Waals surface area contributed by atoms with Crippen molar-refractivity contribution in [2.45, 2.75) is 32.1 Å². The van der Waals surface area contributed by atoms with Crippen LogP contribution in [0.4, 0.5) is 0 Å². The topological polar surface area (TPSA) is 47.3 Å². The van der Waals surface area contributed by atoms with Gasteiger partial charge in [0.25, 0.3) is 5.56 Å². The van der Waals surface area contributed by atoms with Crippen molar-refractivity contribution in [2.24, 2.45) is 0 Å². The first-order chi connectivity index (χ1) is 11.8. The molecule has 6 heteroatoms. The number of hydrogen-bond donors (Lipinski definition) is 0. The average Bonchev–Trinajstić information content (AvgIpc) is 3.17. The number of nitrogens with zero attached hydrogens (tertiary/aromatic N) is 3. The number of aryl methyl sites for hydroxylation is 2. The molecule has 3 aromatic heterocycles. The molecular weight excluding hydrogens is 338 g/mol. The molecule has 0 N–H and O–H groups in total. The van der Waals surface area contributed by atoms with E-state index >= 15 is 0 Å². The van der Waals surface area contributed by atoms with Gasteiger partial charge in [0, 0.05) is 11.3 Å². The first-order valence-electron chi connectivity index (χ1n) is 8.16. The van der Waals surface area contributed by atoms with Crippen LogP contribution < -0.4 is 5.56 Å². The molecule has 3 heterocycles. The van der Waals surface area contributed by atoms with Gasteiger partial charge in [-0.1, -0.05) is 41.7 Å². The Bertz CT molecular complexity index is 1110. The molecule has 0 saturated carbocycles. The maximum atomic E-state index is 13.0. The molecule has 0 fully saturated rings. The molecule has 0 bridgehead atoms. The second-order valence-corrected chi connectivity index (χ2v) is 8.28. The summed E-state index contributed by atoms with van der Waals surface area (Å²) in [4.78, 5) is 20.7. The van der Waals surface area contributed by atoms with Gasteiger partial charge < -0.3 is 0 Å². The van der Waals surface area contributed by atoms with E-state index in [4.69, 9.17) is 4.98 Å². The highest BCUT2D eigenvalue weighted by atomic mass is 32.1. The minimum absolute atomic E-state index is 0.00459. The summed E-state index contributed by atoms with van der Waals surface area (Å²) >= 11 is 3.21. The number of benzene rings is 1. The van der Waals surface area contributed by atoms with Crippen LogP contribution in [0.1, 0.15) is 33.9 Å². The molecule has 0 aliphatic heterocycles. The molecule has 0 amide bonds. The van der Waals surface area contributed by atoms with Crippen LogP contribution >= 0.6 is 22.7 Å². The van der Waals surface area contributed by atoms with Gasteiger partial charge in [0.2, 0.25) is 4.96 Å². The Labute approximate surface area is 146 Å². The lowest BCUT2D eigenvalue weighted by molar-refractivity contribution is 0.699. The third-order valence-corrected chi connectivity index (χ3v) is 6.65. The standard InChI is InChI=1S/C18H15N3OS2/c22-17-15-12-8-4-5-9-13(12)23-16(15)19-18-21(17)20-14(24-18)10-11-6-2-1-3-7-11/h1-3,6-7H,4-5,8-10H2. The Morgan fingerprint density at radius 1 is 1.08 bits per heavy atom. The van der Waals surface area contributed by atoms with Gasteiger partial charge in [-0.05, 0) is 36.8 Å². The van der Waals surface area contributed by atoms with Crippen LogP contribution in [0.25, 0.3) is 15.2 Å². The van der Waals surface area contributed by atoms with Crippen molar-refractivity contribution in [2.75, 3.05) is 0 Å².